The molecule has 4 heteroatoms. The lowest BCUT2D eigenvalue weighted by atomic mass is 9.90. The van der Waals surface area contributed by atoms with E-state index in [4.69, 9.17) is 12.2 Å². The first-order valence-electron chi connectivity index (χ1n) is 8.98. The summed E-state index contributed by atoms with van der Waals surface area (Å²) in [4.78, 5) is 13.0. The molecule has 0 aromatic heterocycles. The van der Waals surface area contributed by atoms with E-state index in [1.807, 2.05) is 78.9 Å². The van der Waals surface area contributed by atoms with E-state index in [0.29, 0.717) is 5.11 Å². The van der Waals surface area contributed by atoms with Crippen molar-refractivity contribution in [2.75, 3.05) is 5.32 Å². The molecule has 3 aromatic rings. The minimum Gasteiger partial charge on any atom is -0.332 e. The zero-order valence-electron chi connectivity index (χ0n) is 15.2. The third-order valence-corrected chi connectivity index (χ3v) is 4.56. The molecule has 0 bridgehead atoms. The third kappa shape index (κ3) is 5.02. The first-order valence-corrected chi connectivity index (χ1v) is 9.39. The van der Waals surface area contributed by atoms with Gasteiger partial charge in [-0.1, -0.05) is 79.7 Å². The molecular weight excluding hydrogens is 352 g/mol. The van der Waals surface area contributed by atoms with E-state index < -0.39 is 5.92 Å². The average Bonchev–Trinajstić information content (AvgIpc) is 2.70. The fourth-order valence-corrected chi connectivity index (χ4v) is 3.22. The molecular formula is C23H22N2OS. The van der Waals surface area contributed by atoms with Crippen LogP contribution in [0.5, 0.6) is 0 Å². The summed E-state index contributed by atoms with van der Waals surface area (Å²) in [5, 5.41) is 6.25. The number of benzene rings is 3. The monoisotopic (exact) mass is 374 g/mol. The van der Waals surface area contributed by atoms with Gasteiger partial charge in [0, 0.05) is 5.69 Å². The summed E-state index contributed by atoms with van der Waals surface area (Å²) in [6.45, 7) is 2.10. The number of carbonyl (C=O) groups is 1. The van der Waals surface area contributed by atoms with Crippen molar-refractivity contribution < 1.29 is 4.79 Å². The van der Waals surface area contributed by atoms with E-state index in [0.717, 1.165) is 23.2 Å². The van der Waals surface area contributed by atoms with Gasteiger partial charge in [0.25, 0.3) is 0 Å². The van der Waals surface area contributed by atoms with Crippen LogP contribution in [-0.4, -0.2) is 11.0 Å². The summed E-state index contributed by atoms with van der Waals surface area (Å²) in [5.41, 5.74) is 3.94. The molecule has 0 saturated carbocycles. The van der Waals surface area contributed by atoms with Crippen LogP contribution in [0.15, 0.2) is 84.9 Å². The number of carbonyl (C=O) groups excluding carboxylic acids is 1. The average molecular weight is 375 g/mol. The number of amides is 1. The van der Waals surface area contributed by atoms with Crippen molar-refractivity contribution in [3.8, 4) is 0 Å². The van der Waals surface area contributed by atoms with Crippen LogP contribution in [0.3, 0.4) is 0 Å². The van der Waals surface area contributed by atoms with Crippen LogP contribution < -0.4 is 10.6 Å². The fourth-order valence-electron chi connectivity index (χ4n) is 3.00. The van der Waals surface area contributed by atoms with Gasteiger partial charge in [0.15, 0.2) is 5.11 Å². The minimum absolute atomic E-state index is 0.156. The van der Waals surface area contributed by atoms with E-state index in [1.54, 1.807) is 0 Å². The van der Waals surface area contributed by atoms with Crippen LogP contribution in [0.1, 0.15) is 29.5 Å². The van der Waals surface area contributed by atoms with Gasteiger partial charge in [-0.3, -0.25) is 4.79 Å². The Morgan fingerprint density at radius 3 is 2.04 bits per heavy atom. The Hall–Kier alpha value is -2.98. The van der Waals surface area contributed by atoms with Crippen LogP contribution in [0.2, 0.25) is 0 Å². The molecule has 0 aliphatic carbocycles. The highest BCUT2D eigenvalue weighted by Gasteiger charge is 2.23. The topological polar surface area (TPSA) is 41.1 Å². The summed E-state index contributed by atoms with van der Waals surface area (Å²) in [7, 11) is 0. The second-order valence-corrected chi connectivity index (χ2v) is 6.66. The SMILES string of the molecule is CCc1cccc(NC(=S)NC(=O)C(c2ccccc2)c2ccccc2)c1. The molecule has 3 aromatic carbocycles. The third-order valence-electron chi connectivity index (χ3n) is 4.36. The Morgan fingerprint density at radius 1 is 0.889 bits per heavy atom. The van der Waals surface area contributed by atoms with Crippen LogP contribution in [0.25, 0.3) is 0 Å². The molecule has 0 aliphatic heterocycles. The molecule has 0 fully saturated rings. The van der Waals surface area contributed by atoms with Gasteiger partial charge in [-0.2, -0.15) is 0 Å². The maximum atomic E-state index is 13.0. The van der Waals surface area contributed by atoms with E-state index >= 15 is 0 Å². The molecule has 2 N–H and O–H groups in total. The summed E-state index contributed by atoms with van der Waals surface area (Å²) in [6.07, 6.45) is 0.943. The maximum absolute atomic E-state index is 13.0. The van der Waals surface area contributed by atoms with Crippen molar-refractivity contribution in [2.24, 2.45) is 0 Å². The van der Waals surface area contributed by atoms with Crippen molar-refractivity contribution in [2.45, 2.75) is 19.3 Å². The van der Waals surface area contributed by atoms with Gasteiger partial charge in [-0.15, -0.1) is 0 Å². The van der Waals surface area contributed by atoms with Crippen molar-refractivity contribution in [1.29, 1.82) is 0 Å². The largest absolute Gasteiger partial charge is 0.332 e. The first kappa shape index (κ1) is 18.8. The number of hydrogen-bond acceptors (Lipinski definition) is 2. The van der Waals surface area contributed by atoms with Gasteiger partial charge in [-0.05, 0) is 47.5 Å². The second-order valence-electron chi connectivity index (χ2n) is 6.25. The van der Waals surface area contributed by atoms with Gasteiger partial charge in [0.2, 0.25) is 5.91 Å². The van der Waals surface area contributed by atoms with Crippen LogP contribution in [0.4, 0.5) is 5.69 Å². The van der Waals surface area contributed by atoms with E-state index in [9.17, 15) is 4.79 Å². The lowest BCUT2D eigenvalue weighted by Gasteiger charge is -2.19. The first-order chi connectivity index (χ1) is 13.2. The number of rotatable bonds is 5. The molecule has 27 heavy (non-hydrogen) atoms. The molecule has 0 radical (unpaired) electrons. The van der Waals surface area contributed by atoms with Gasteiger partial charge < -0.3 is 10.6 Å². The smallest absolute Gasteiger partial charge is 0.238 e. The lowest BCUT2D eigenvalue weighted by Crippen LogP contribution is -2.37. The molecule has 0 saturated heterocycles. The van der Waals surface area contributed by atoms with E-state index in [-0.39, 0.29) is 5.91 Å². The Bertz CT molecular complexity index is 870. The zero-order valence-corrected chi connectivity index (χ0v) is 16.0. The fraction of sp³-hybridized carbons (Fsp3) is 0.130. The summed E-state index contributed by atoms with van der Waals surface area (Å²) < 4.78 is 0. The summed E-state index contributed by atoms with van der Waals surface area (Å²) in [5.74, 6) is -0.578. The van der Waals surface area contributed by atoms with Gasteiger partial charge in [0.1, 0.15) is 0 Å². The number of anilines is 1. The molecule has 0 atom stereocenters. The zero-order chi connectivity index (χ0) is 19.1. The Kier molecular flexibility index (Phi) is 6.34. The highest BCUT2D eigenvalue weighted by Crippen LogP contribution is 2.24. The predicted octanol–water partition coefficient (Wildman–Crippen LogP) is 4.89. The maximum Gasteiger partial charge on any atom is 0.238 e. The van der Waals surface area contributed by atoms with Gasteiger partial charge in [0.05, 0.1) is 5.92 Å². The number of thiocarbonyl (C=S) groups is 1. The molecule has 0 aliphatic rings. The van der Waals surface area contributed by atoms with Gasteiger partial charge >= 0.3 is 0 Å². The Morgan fingerprint density at radius 2 is 1.48 bits per heavy atom. The summed E-state index contributed by atoms with van der Waals surface area (Å²) >= 11 is 5.37. The van der Waals surface area contributed by atoms with Crippen molar-refractivity contribution in [3.63, 3.8) is 0 Å². The van der Waals surface area contributed by atoms with Crippen LogP contribution in [0, 0.1) is 0 Å². The van der Waals surface area contributed by atoms with Crippen LogP contribution in [-0.2, 0) is 11.2 Å². The highest BCUT2D eigenvalue weighted by molar-refractivity contribution is 7.80. The van der Waals surface area contributed by atoms with Crippen molar-refractivity contribution in [3.05, 3.63) is 102 Å². The highest BCUT2D eigenvalue weighted by atomic mass is 32.1. The summed E-state index contributed by atoms with van der Waals surface area (Å²) in [6, 6.07) is 27.5. The van der Waals surface area contributed by atoms with Crippen LogP contribution >= 0.6 is 12.2 Å². The standard InChI is InChI=1S/C23H22N2OS/c1-2-17-10-9-15-20(16-17)24-23(27)25-22(26)21(18-11-5-3-6-12-18)19-13-7-4-8-14-19/h3-16,21H,2H2,1H3,(H2,24,25,26,27). The Balaban J connectivity index is 1.77. The lowest BCUT2D eigenvalue weighted by molar-refractivity contribution is -0.120. The minimum atomic E-state index is -0.422. The molecule has 3 rings (SSSR count). The molecule has 1 amide bonds. The quantitative estimate of drug-likeness (QED) is 0.625. The number of nitrogens with one attached hydrogen (secondary N) is 2. The second kappa shape index (κ2) is 9.10. The molecule has 0 heterocycles. The van der Waals surface area contributed by atoms with Crippen molar-refractivity contribution in [1.82, 2.24) is 5.32 Å². The molecule has 0 unspecified atom stereocenters. The number of hydrogen-bond donors (Lipinski definition) is 2. The van der Waals surface area contributed by atoms with Gasteiger partial charge in [-0.25, -0.2) is 0 Å². The molecule has 0 spiro atoms. The normalized spacial score (nSPS) is 10.4. The molecule has 136 valence electrons. The number of aryl methyl sites for hydroxylation is 1. The van der Waals surface area contributed by atoms with E-state index in [1.165, 1.54) is 5.56 Å². The van der Waals surface area contributed by atoms with Crippen molar-refractivity contribution >= 4 is 28.9 Å². The predicted molar refractivity (Wildman–Crippen MR) is 115 cm³/mol. The Labute approximate surface area is 165 Å². The van der Waals surface area contributed by atoms with E-state index in [2.05, 4.69) is 23.6 Å². The molecule has 3 nitrogen and oxygen atoms in total.